The summed E-state index contributed by atoms with van der Waals surface area (Å²) in [6, 6.07) is 16.4. The molecule has 1 N–H and O–H groups in total. The van der Waals surface area contributed by atoms with Gasteiger partial charge in [-0.25, -0.2) is 0 Å². The van der Waals surface area contributed by atoms with E-state index in [0.29, 0.717) is 11.4 Å². The highest BCUT2D eigenvalue weighted by atomic mass is 16.5. The molecule has 2 heterocycles. The van der Waals surface area contributed by atoms with E-state index in [0.717, 1.165) is 5.56 Å². The van der Waals surface area contributed by atoms with Crippen LogP contribution < -0.4 is 10.1 Å². The molecule has 156 valence electrons. The zero-order chi connectivity index (χ0) is 21.3. The number of ether oxygens (including phenoxy) is 2. The molecule has 4 rings (SSSR count). The first-order valence-electron chi connectivity index (χ1n) is 10.0. The van der Waals surface area contributed by atoms with Crippen molar-refractivity contribution in [1.82, 2.24) is 4.90 Å². The highest BCUT2D eigenvalue weighted by molar-refractivity contribution is 6.05. The van der Waals surface area contributed by atoms with Crippen LogP contribution in [0, 0.1) is 5.92 Å². The minimum Gasteiger partial charge on any atom is -0.484 e. The van der Waals surface area contributed by atoms with Crippen molar-refractivity contribution in [1.29, 1.82) is 0 Å². The molecule has 0 bridgehead atoms. The molecule has 0 aromatic heterocycles. The topological polar surface area (TPSA) is 84.9 Å². The number of carbonyl (C=O) groups excluding carboxylic acids is 3. The van der Waals surface area contributed by atoms with E-state index in [1.807, 2.05) is 36.4 Å². The Morgan fingerprint density at radius 2 is 1.83 bits per heavy atom. The van der Waals surface area contributed by atoms with Crippen LogP contribution >= 0.6 is 0 Å². The summed E-state index contributed by atoms with van der Waals surface area (Å²) in [6.45, 7) is 3.56. The van der Waals surface area contributed by atoms with Gasteiger partial charge in [-0.2, -0.15) is 0 Å². The Bertz CT molecular complexity index is 977. The lowest BCUT2D eigenvalue weighted by atomic mass is 9.73. The Kier molecular flexibility index (Phi) is 5.20. The summed E-state index contributed by atoms with van der Waals surface area (Å²) in [5, 5.41) is 2.90. The van der Waals surface area contributed by atoms with E-state index in [2.05, 4.69) is 5.32 Å². The first-order chi connectivity index (χ1) is 14.5. The van der Waals surface area contributed by atoms with Gasteiger partial charge in [0, 0.05) is 18.2 Å². The highest BCUT2D eigenvalue weighted by Crippen LogP contribution is 2.51. The van der Waals surface area contributed by atoms with Crippen molar-refractivity contribution < 1.29 is 23.9 Å². The van der Waals surface area contributed by atoms with Crippen LogP contribution in [0.3, 0.4) is 0 Å². The fourth-order valence-electron chi connectivity index (χ4n) is 4.53. The summed E-state index contributed by atoms with van der Waals surface area (Å²) in [6.07, 6.45) is 0. The van der Waals surface area contributed by atoms with E-state index in [9.17, 15) is 14.4 Å². The minimum atomic E-state index is -1.22. The smallest absolute Gasteiger partial charge is 0.311 e. The molecule has 1 saturated heterocycles. The second-order valence-electron chi connectivity index (χ2n) is 7.63. The molecule has 0 spiro atoms. The van der Waals surface area contributed by atoms with E-state index < -0.39 is 23.3 Å². The molecule has 2 amide bonds. The number of hydrogen-bond acceptors (Lipinski definition) is 5. The Balaban J connectivity index is 1.68. The number of fused-ring (bicyclic) bond motifs is 3. The molecule has 7 nitrogen and oxygen atoms in total. The van der Waals surface area contributed by atoms with Crippen LogP contribution in [0.5, 0.6) is 5.75 Å². The van der Waals surface area contributed by atoms with Crippen LogP contribution in [0.4, 0.5) is 5.69 Å². The van der Waals surface area contributed by atoms with E-state index in [1.54, 1.807) is 32.0 Å². The number of carbonyl (C=O) groups is 3. The van der Waals surface area contributed by atoms with Crippen LogP contribution in [0.1, 0.15) is 25.3 Å². The number of para-hydroxylation sites is 2. The number of hydrogen-bond donors (Lipinski definition) is 1. The van der Waals surface area contributed by atoms with Crippen molar-refractivity contribution in [3.8, 4) is 5.75 Å². The molecule has 0 unspecified atom stereocenters. The Labute approximate surface area is 175 Å². The number of nitrogens with one attached hydrogen (secondary N) is 1. The fraction of sp³-hybridized carbons (Fsp3) is 0.348. The third-order valence-corrected chi connectivity index (χ3v) is 5.95. The molecule has 0 saturated carbocycles. The average molecular weight is 408 g/mol. The van der Waals surface area contributed by atoms with Gasteiger partial charge in [-0.15, -0.1) is 0 Å². The van der Waals surface area contributed by atoms with Gasteiger partial charge in [0.1, 0.15) is 11.3 Å². The maximum Gasteiger partial charge on any atom is 0.311 e. The van der Waals surface area contributed by atoms with Crippen molar-refractivity contribution in [2.24, 2.45) is 5.92 Å². The standard InChI is InChI=1S/C23H24N2O5/c1-3-29-21(27)17-13-25(19(26)14-30-15-9-5-4-6-10-15)23(2)20(17)16-11-7-8-12-18(16)24-22(23)28/h4-12,17,20H,3,13-14H2,1-2H3,(H,24,28)/t17-,20+,23-/m0/s1. The zero-order valence-electron chi connectivity index (χ0n) is 17.0. The maximum atomic E-state index is 13.2. The van der Waals surface area contributed by atoms with Gasteiger partial charge < -0.3 is 19.7 Å². The van der Waals surface area contributed by atoms with E-state index in [-0.39, 0.29) is 31.6 Å². The number of likely N-dealkylation sites (tertiary alicyclic amines) is 1. The number of rotatable bonds is 5. The second kappa shape index (κ2) is 7.82. The van der Waals surface area contributed by atoms with Gasteiger partial charge in [-0.05, 0) is 37.6 Å². The van der Waals surface area contributed by atoms with Gasteiger partial charge in [-0.1, -0.05) is 36.4 Å². The predicted octanol–water partition coefficient (Wildman–Crippen LogP) is 2.58. The molecule has 3 atom stereocenters. The lowest BCUT2D eigenvalue weighted by molar-refractivity contribution is -0.148. The second-order valence-corrected chi connectivity index (χ2v) is 7.63. The molecular weight excluding hydrogens is 384 g/mol. The molecule has 0 aliphatic carbocycles. The zero-order valence-corrected chi connectivity index (χ0v) is 17.0. The number of amides is 2. The lowest BCUT2D eigenvalue weighted by Crippen LogP contribution is -2.58. The largest absolute Gasteiger partial charge is 0.484 e. The summed E-state index contributed by atoms with van der Waals surface area (Å²) < 4.78 is 10.9. The Morgan fingerprint density at radius 1 is 1.13 bits per heavy atom. The van der Waals surface area contributed by atoms with Crippen molar-refractivity contribution in [2.75, 3.05) is 25.1 Å². The number of benzene rings is 2. The lowest BCUT2D eigenvalue weighted by Gasteiger charge is -2.42. The first kappa shape index (κ1) is 19.9. The van der Waals surface area contributed by atoms with E-state index in [4.69, 9.17) is 9.47 Å². The van der Waals surface area contributed by atoms with Crippen molar-refractivity contribution >= 4 is 23.5 Å². The molecule has 1 fully saturated rings. The predicted molar refractivity (Wildman–Crippen MR) is 110 cm³/mol. The summed E-state index contributed by atoms with van der Waals surface area (Å²) in [5.74, 6) is -1.65. The van der Waals surface area contributed by atoms with Gasteiger partial charge in [0.25, 0.3) is 11.8 Å². The molecule has 30 heavy (non-hydrogen) atoms. The quantitative estimate of drug-likeness (QED) is 0.769. The highest BCUT2D eigenvalue weighted by Gasteiger charge is 2.62. The van der Waals surface area contributed by atoms with Gasteiger partial charge in [-0.3, -0.25) is 14.4 Å². The molecule has 7 heteroatoms. The minimum absolute atomic E-state index is 0.0960. The van der Waals surface area contributed by atoms with Gasteiger partial charge in [0.2, 0.25) is 0 Å². The van der Waals surface area contributed by atoms with Crippen LogP contribution in [0.25, 0.3) is 0 Å². The maximum absolute atomic E-state index is 13.2. The van der Waals surface area contributed by atoms with E-state index in [1.165, 1.54) is 4.90 Å². The Morgan fingerprint density at radius 3 is 2.57 bits per heavy atom. The average Bonchev–Trinajstić information content (AvgIpc) is 3.08. The summed E-state index contributed by atoms with van der Waals surface area (Å²) in [5.41, 5.74) is 0.272. The summed E-state index contributed by atoms with van der Waals surface area (Å²) >= 11 is 0. The Hall–Kier alpha value is -3.35. The first-order valence-corrected chi connectivity index (χ1v) is 10.0. The molecule has 0 radical (unpaired) electrons. The van der Waals surface area contributed by atoms with Crippen LogP contribution in [-0.4, -0.2) is 48.0 Å². The van der Waals surface area contributed by atoms with E-state index >= 15 is 0 Å². The SMILES string of the molecule is CCOC(=O)[C@H]1CN(C(=O)COc2ccccc2)[C@]2(C)C(=O)Nc3ccccc3[C@H]12. The van der Waals surface area contributed by atoms with Crippen LogP contribution in [0.15, 0.2) is 54.6 Å². The molecular formula is C23H24N2O5. The summed E-state index contributed by atoms with van der Waals surface area (Å²) in [7, 11) is 0. The van der Waals surface area contributed by atoms with Crippen LogP contribution in [0.2, 0.25) is 0 Å². The summed E-state index contributed by atoms with van der Waals surface area (Å²) in [4.78, 5) is 40.6. The van der Waals surface area contributed by atoms with Crippen LogP contribution in [-0.2, 0) is 19.1 Å². The molecule has 2 aliphatic rings. The molecule has 2 aromatic carbocycles. The van der Waals surface area contributed by atoms with Gasteiger partial charge >= 0.3 is 5.97 Å². The van der Waals surface area contributed by atoms with Crippen molar-refractivity contribution in [3.63, 3.8) is 0 Å². The third-order valence-electron chi connectivity index (χ3n) is 5.95. The van der Waals surface area contributed by atoms with Gasteiger partial charge in [0.05, 0.1) is 12.5 Å². The molecule has 2 aromatic rings. The third kappa shape index (κ3) is 3.20. The normalized spacial score (nSPS) is 24.5. The number of nitrogens with zero attached hydrogens (tertiary/aromatic N) is 1. The van der Waals surface area contributed by atoms with Crippen molar-refractivity contribution in [2.45, 2.75) is 25.3 Å². The van der Waals surface area contributed by atoms with Crippen molar-refractivity contribution in [3.05, 3.63) is 60.2 Å². The van der Waals surface area contributed by atoms with Gasteiger partial charge in [0.15, 0.2) is 6.61 Å². The number of anilines is 1. The fourth-order valence-corrected chi connectivity index (χ4v) is 4.53. The number of esters is 1. The monoisotopic (exact) mass is 408 g/mol. The molecule has 2 aliphatic heterocycles.